The molecule has 21 heavy (non-hydrogen) atoms. The zero-order chi connectivity index (χ0) is 14.5. The van der Waals surface area contributed by atoms with Crippen LogP contribution in [-0.2, 0) is 0 Å². The van der Waals surface area contributed by atoms with E-state index in [1.165, 1.54) is 0 Å². The monoisotopic (exact) mass is 391 g/mol. The number of hydrogen-bond acceptors (Lipinski definition) is 6. The highest BCUT2D eigenvalue weighted by atomic mass is 127. The van der Waals surface area contributed by atoms with Crippen LogP contribution in [0.25, 0.3) is 11.3 Å². The molecule has 0 aliphatic heterocycles. The molecule has 0 radical (unpaired) electrons. The molecule has 3 aromatic rings. The fourth-order valence-corrected chi connectivity index (χ4v) is 2.08. The lowest BCUT2D eigenvalue weighted by molar-refractivity contribution is 0.531. The number of furan rings is 1. The van der Waals surface area contributed by atoms with Crippen molar-refractivity contribution in [1.29, 1.82) is 0 Å². The molecule has 0 spiro atoms. The van der Waals surface area contributed by atoms with Crippen LogP contribution in [0.1, 0.15) is 5.76 Å². The predicted octanol–water partition coefficient (Wildman–Crippen LogP) is 3.18. The van der Waals surface area contributed by atoms with Crippen LogP contribution in [0.4, 0.5) is 5.95 Å². The summed E-state index contributed by atoms with van der Waals surface area (Å²) >= 11 is 2.09. The Morgan fingerprint density at radius 2 is 2.00 bits per heavy atom. The van der Waals surface area contributed by atoms with Gasteiger partial charge in [0.05, 0.1) is 18.1 Å². The Bertz CT molecular complexity index is 757. The molecular weight excluding hydrogens is 381 g/mol. The van der Waals surface area contributed by atoms with Crippen molar-refractivity contribution in [3.05, 3.63) is 58.2 Å². The van der Waals surface area contributed by atoms with E-state index in [4.69, 9.17) is 4.42 Å². The van der Waals surface area contributed by atoms with E-state index >= 15 is 0 Å². The van der Waals surface area contributed by atoms with Crippen molar-refractivity contribution in [2.24, 2.45) is 5.10 Å². The number of hydrazone groups is 1. The molecular formula is C14H10IN5O. The third kappa shape index (κ3) is 3.63. The van der Waals surface area contributed by atoms with Gasteiger partial charge in [-0.05, 0) is 34.7 Å². The molecule has 7 heteroatoms. The maximum atomic E-state index is 5.36. The average Bonchev–Trinajstić information content (AvgIpc) is 2.94. The Morgan fingerprint density at radius 1 is 1.14 bits per heavy atom. The van der Waals surface area contributed by atoms with Gasteiger partial charge in [-0.2, -0.15) is 10.2 Å². The number of aromatic nitrogens is 3. The molecule has 0 saturated carbocycles. The van der Waals surface area contributed by atoms with Gasteiger partial charge in [0.2, 0.25) is 0 Å². The second-order valence-electron chi connectivity index (χ2n) is 4.04. The molecule has 104 valence electrons. The lowest BCUT2D eigenvalue weighted by atomic mass is 10.2. The molecule has 1 N–H and O–H groups in total. The van der Waals surface area contributed by atoms with Gasteiger partial charge in [0.15, 0.2) is 3.77 Å². The minimum atomic E-state index is 0.328. The van der Waals surface area contributed by atoms with Crippen LogP contribution < -0.4 is 5.43 Å². The third-order valence-corrected chi connectivity index (χ3v) is 3.16. The highest BCUT2D eigenvalue weighted by Gasteiger charge is 2.02. The Labute approximate surface area is 134 Å². The lowest BCUT2D eigenvalue weighted by Crippen LogP contribution is -1.99. The highest BCUT2D eigenvalue weighted by molar-refractivity contribution is 14.1. The number of anilines is 1. The van der Waals surface area contributed by atoms with Gasteiger partial charge < -0.3 is 4.42 Å². The van der Waals surface area contributed by atoms with E-state index in [1.807, 2.05) is 42.5 Å². The zero-order valence-electron chi connectivity index (χ0n) is 10.8. The summed E-state index contributed by atoms with van der Waals surface area (Å²) in [7, 11) is 0. The minimum absolute atomic E-state index is 0.328. The van der Waals surface area contributed by atoms with Gasteiger partial charge in [0.25, 0.3) is 5.95 Å². The van der Waals surface area contributed by atoms with Crippen LogP contribution in [0.5, 0.6) is 0 Å². The molecule has 1 aromatic carbocycles. The first-order valence-electron chi connectivity index (χ1n) is 6.11. The first-order chi connectivity index (χ1) is 10.3. The second kappa shape index (κ2) is 6.44. The van der Waals surface area contributed by atoms with Crippen LogP contribution in [0.3, 0.4) is 0 Å². The number of nitrogens with one attached hydrogen (secondary N) is 1. The maximum absolute atomic E-state index is 5.36. The topological polar surface area (TPSA) is 76.2 Å². The molecule has 0 atom stereocenters. The van der Waals surface area contributed by atoms with Crippen LogP contribution in [-0.4, -0.2) is 21.4 Å². The van der Waals surface area contributed by atoms with Gasteiger partial charge in [-0.15, -0.1) is 5.10 Å². The first-order valence-corrected chi connectivity index (χ1v) is 7.19. The molecule has 0 fully saturated rings. The Hall–Kier alpha value is -2.29. The van der Waals surface area contributed by atoms with Crippen LogP contribution in [0.15, 0.2) is 58.2 Å². The molecule has 0 saturated heterocycles. The summed E-state index contributed by atoms with van der Waals surface area (Å²) in [6, 6.07) is 13.4. The number of hydrogen-bond donors (Lipinski definition) is 1. The standard InChI is InChI=1S/C14H10IN5O/c15-13-7-6-11(21-13)8-16-19-14-18-12(9-17-20-14)10-4-2-1-3-5-10/h1-9H,(H,18,19,20). The van der Waals surface area contributed by atoms with E-state index in [-0.39, 0.29) is 0 Å². The Balaban J connectivity index is 1.73. The number of nitrogens with zero attached hydrogens (tertiary/aromatic N) is 4. The number of benzene rings is 1. The van der Waals surface area contributed by atoms with Gasteiger partial charge in [-0.25, -0.2) is 10.4 Å². The molecule has 0 amide bonds. The largest absolute Gasteiger partial charge is 0.449 e. The second-order valence-corrected chi connectivity index (χ2v) is 5.11. The maximum Gasteiger partial charge on any atom is 0.263 e. The van der Waals surface area contributed by atoms with Crippen molar-refractivity contribution in [3.63, 3.8) is 0 Å². The van der Waals surface area contributed by atoms with Gasteiger partial charge in [-0.3, -0.25) is 0 Å². The first kappa shape index (κ1) is 13.7. The van der Waals surface area contributed by atoms with E-state index < -0.39 is 0 Å². The smallest absolute Gasteiger partial charge is 0.263 e. The van der Waals surface area contributed by atoms with E-state index in [9.17, 15) is 0 Å². The normalized spacial score (nSPS) is 10.9. The van der Waals surface area contributed by atoms with Crippen LogP contribution in [0, 0.1) is 3.77 Å². The Kier molecular flexibility index (Phi) is 4.20. The molecule has 2 aromatic heterocycles. The fraction of sp³-hybridized carbons (Fsp3) is 0. The zero-order valence-corrected chi connectivity index (χ0v) is 12.9. The van der Waals surface area contributed by atoms with Crippen molar-refractivity contribution in [2.75, 3.05) is 5.43 Å². The van der Waals surface area contributed by atoms with Crippen molar-refractivity contribution in [3.8, 4) is 11.3 Å². The highest BCUT2D eigenvalue weighted by Crippen LogP contribution is 2.15. The van der Waals surface area contributed by atoms with Crippen molar-refractivity contribution in [1.82, 2.24) is 15.2 Å². The predicted molar refractivity (Wildman–Crippen MR) is 87.9 cm³/mol. The van der Waals surface area contributed by atoms with Crippen molar-refractivity contribution < 1.29 is 4.42 Å². The summed E-state index contributed by atoms with van der Waals surface area (Å²) in [4.78, 5) is 4.35. The van der Waals surface area contributed by atoms with E-state index in [2.05, 4.69) is 48.3 Å². The average molecular weight is 391 g/mol. The molecule has 3 rings (SSSR count). The van der Waals surface area contributed by atoms with Gasteiger partial charge in [0, 0.05) is 5.56 Å². The van der Waals surface area contributed by atoms with E-state index in [0.717, 1.165) is 15.0 Å². The molecule has 0 bridgehead atoms. The molecule has 6 nitrogen and oxygen atoms in total. The summed E-state index contributed by atoms with van der Waals surface area (Å²) in [6.45, 7) is 0. The molecule has 0 unspecified atom stereocenters. The summed E-state index contributed by atoms with van der Waals surface area (Å²) in [6.07, 6.45) is 3.17. The Morgan fingerprint density at radius 3 is 2.76 bits per heavy atom. The van der Waals surface area contributed by atoms with Crippen molar-refractivity contribution >= 4 is 34.8 Å². The summed E-state index contributed by atoms with van der Waals surface area (Å²) in [5, 5.41) is 11.8. The lowest BCUT2D eigenvalue weighted by Gasteiger charge is -2.01. The summed E-state index contributed by atoms with van der Waals surface area (Å²) < 4.78 is 6.16. The van der Waals surface area contributed by atoms with E-state index in [1.54, 1.807) is 12.4 Å². The van der Waals surface area contributed by atoms with E-state index in [0.29, 0.717) is 11.7 Å². The van der Waals surface area contributed by atoms with Crippen molar-refractivity contribution in [2.45, 2.75) is 0 Å². The molecule has 0 aliphatic carbocycles. The molecule has 2 heterocycles. The van der Waals surface area contributed by atoms with Crippen LogP contribution in [0.2, 0.25) is 0 Å². The third-order valence-electron chi connectivity index (χ3n) is 2.58. The fourth-order valence-electron chi connectivity index (χ4n) is 1.65. The van der Waals surface area contributed by atoms with Gasteiger partial charge in [0.1, 0.15) is 5.76 Å². The summed E-state index contributed by atoms with van der Waals surface area (Å²) in [5.41, 5.74) is 4.44. The number of rotatable bonds is 4. The van der Waals surface area contributed by atoms with Gasteiger partial charge in [-0.1, -0.05) is 30.3 Å². The quantitative estimate of drug-likeness (QED) is 0.420. The van der Waals surface area contributed by atoms with Crippen LogP contribution >= 0.6 is 22.6 Å². The SMILES string of the molecule is Ic1ccc(C=NNc2nncc(-c3ccccc3)n2)o1. The minimum Gasteiger partial charge on any atom is -0.449 e. The number of halogens is 1. The van der Waals surface area contributed by atoms with Gasteiger partial charge >= 0.3 is 0 Å². The molecule has 0 aliphatic rings. The summed E-state index contributed by atoms with van der Waals surface area (Å²) in [5.74, 6) is 0.980.